The van der Waals surface area contributed by atoms with Gasteiger partial charge in [-0.15, -0.1) is 0 Å². The molecule has 0 saturated carbocycles. The van der Waals surface area contributed by atoms with Crippen molar-refractivity contribution < 1.29 is 9.84 Å². The van der Waals surface area contributed by atoms with Crippen LogP contribution >= 0.6 is 11.6 Å². The second-order valence-electron chi connectivity index (χ2n) is 3.86. The van der Waals surface area contributed by atoms with E-state index in [1.807, 2.05) is 19.9 Å². The number of ether oxygens (including phenoxy) is 1. The average Bonchev–Trinajstić information content (AvgIpc) is 2.29. The highest BCUT2D eigenvalue weighted by atomic mass is 35.5. The number of methoxy groups -OCH3 is 1. The van der Waals surface area contributed by atoms with Gasteiger partial charge < -0.3 is 15.6 Å². The molecule has 0 aliphatic carbocycles. The number of rotatable bonds is 4. The van der Waals surface area contributed by atoms with Crippen LogP contribution in [0.15, 0.2) is 6.07 Å². The lowest BCUT2D eigenvalue weighted by Gasteiger charge is -2.20. The first-order valence-electron chi connectivity index (χ1n) is 5.21. The predicted molar refractivity (Wildman–Crippen MR) is 66.4 cm³/mol. The Morgan fingerprint density at radius 2 is 2.12 bits per heavy atom. The molecular formula is C12H18ClNO2. The van der Waals surface area contributed by atoms with Crippen LogP contribution in [0.2, 0.25) is 5.02 Å². The lowest BCUT2D eigenvalue weighted by atomic mass is 9.93. The standard InChI is InChI=1S/C12H18ClNO2/c1-7-4-10(16-3)11(8(2)12(7)13)9(5-14)6-15/h4,9,15H,5-6,14H2,1-3H3. The molecule has 0 heterocycles. The smallest absolute Gasteiger partial charge is 0.123 e. The zero-order valence-electron chi connectivity index (χ0n) is 9.88. The van der Waals surface area contributed by atoms with Crippen molar-refractivity contribution in [2.45, 2.75) is 19.8 Å². The SMILES string of the molecule is COc1cc(C)c(Cl)c(C)c1C(CN)CO. The van der Waals surface area contributed by atoms with Crippen molar-refractivity contribution in [1.29, 1.82) is 0 Å². The van der Waals surface area contributed by atoms with Gasteiger partial charge >= 0.3 is 0 Å². The zero-order chi connectivity index (χ0) is 12.3. The molecule has 4 heteroatoms. The van der Waals surface area contributed by atoms with E-state index in [4.69, 9.17) is 22.1 Å². The molecule has 3 nitrogen and oxygen atoms in total. The summed E-state index contributed by atoms with van der Waals surface area (Å²) < 4.78 is 5.32. The van der Waals surface area contributed by atoms with E-state index in [1.54, 1.807) is 7.11 Å². The Balaban J connectivity index is 3.40. The minimum absolute atomic E-state index is 0.00686. The molecule has 0 amide bonds. The number of aliphatic hydroxyl groups is 1. The van der Waals surface area contributed by atoms with E-state index < -0.39 is 0 Å². The van der Waals surface area contributed by atoms with Crippen molar-refractivity contribution >= 4 is 11.6 Å². The Hall–Kier alpha value is -0.770. The first-order chi connectivity index (χ1) is 7.56. The van der Waals surface area contributed by atoms with Crippen LogP contribution in [-0.2, 0) is 0 Å². The van der Waals surface area contributed by atoms with Crippen molar-refractivity contribution in [2.24, 2.45) is 5.73 Å². The first kappa shape index (κ1) is 13.3. The van der Waals surface area contributed by atoms with Crippen LogP contribution in [0.4, 0.5) is 0 Å². The van der Waals surface area contributed by atoms with Crippen LogP contribution in [0.25, 0.3) is 0 Å². The highest BCUT2D eigenvalue weighted by Crippen LogP contribution is 2.35. The molecule has 1 aromatic carbocycles. The van der Waals surface area contributed by atoms with Gasteiger partial charge in [0.1, 0.15) is 5.75 Å². The fraction of sp³-hybridized carbons (Fsp3) is 0.500. The molecule has 0 fully saturated rings. The van der Waals surface area contributed by atoms with E-state index in [-0.39, 0.29) is 12.5 Å². The Labute approximate surface area is 101 Å². The van der Waals surface area contributed by atoms with Gasteiger partial charge in [-0.25, -0.2) is 0 Å². The van der Waals surface area contributed by atoms with Gasteiger partial charge in [0.2, 0.25) is 0 Å². The van der Waals surface area contributed by atoms with Gasteiger partial charge in [0.15, 0.2) is 0 Å². The molecule has 0 aliphatic heterocycles. The normalized spacial score (nSPS) is 12.6. The zero-order valence-corrected chi connectivity index (χ0v) is 10.6. The largest absolute Gasteiger partial charge is 0.496 e. The Morgan fingerprint density at radius 1 is 1.50 bits per heavy atom. The third-order valence-corrected chi connectivity index (χ3v) is 3.41. The van der Waals surface area contributed by atoms with Crippen LogP contribution in [0.1, 0.15) is 22.6 Å². The number of nitrogens with two attached hydrogens (primary N) is 1. The molecule has 16 heavy (non-hydrogen) atoms. The summed E-state index contributed by atoms with van der Waals surface area (Å²) in [5.41, 5.74) is 8.44. The van der Waals surface area contributed by atoms with Gasteiger partial charge in [-0.3, -0.25) is 0 Å². The summed E-state index contributed by atoms with van der Waals surface area (Å²) in [6.45, 7) is 4.21. The summed E-state index contributed by atoms with van der Waals surface area (Å²) in [5, 5.41) is 10.0. The number of aliphatic hydroxyl groups excluding tert-OH is 1. The molecule has 0 aromatic heterocycles. The third-order valence-electron chi connectivity index (χ3n) is 2.83. The third kappa shape index (κ3) is 2.32. The molecule has 3 N–H and O–H groups in total. The second kappa shape index (κ2) is 5.53. The van der Waals surface area contributed by atoms with Gasteiger partial charge in [0, 0.05) is 23.0 Å². The summed E-state index contributed by atoms with van der Waals surface area (Å²) in [6.07, 6.45) is 0. The molecule has 1 unspecified atom stereocenters. The van der Waals surface area contributed by atoms with Crippen LogP contribution in [0, 0.1) is 13.8 Å². The van der Waals surface area contributed by atoms with E-state index in [0.29, 0.717) is 11.6 Å². The maximum atomic E-state index is 9.31. The lowest BCUT2D eigenvalue weighted by Crippen LogP contribution is -2.18. The van der Waals surface area contributed by atoms with Gasteiger partial charge in [-0.1, -0.05) is 11.6 Å². The Kier molecular flexibility index (Phi) is 4.59. The maximum absolute atomic E-state index is 9.31. The van der Waals surface area contributed by atoms with Crippen LogP contribution in [0.3, 0.4) is 0 Å². The van der Waals surface area contributed by atoms with Gasteiger partial charge in [-0.05, 0) is 31.0 Å². The van der Waals surface area contributed by atoms with E-state index in [0.717, 1.165) is 22.4 Å². The number of aryl methyl sites for hydroxylation is 1. The lowest BCUT2D eigenvalue weighted by molar-refractivity contribution is 0.264. The minimum Gasteiger partial charge on any atom is -0.496 e. The second-order valence-corrected chi connectivity index (χ2v) is 4.24. The van der Waals surface area contributed by atoms with E-state index in [9.17, 15) is 5.11 Å². The molecule has 1 aromatic rings. The molecule has 0 radical (unpaired) electrons. The highest BCUT2D eigenvalue weighted by Gasteiger charge is 2.19. The molecular weight excluding hydrogens is 226 g/mol. The fourth-order valence-electron chi connectivity index (χ4n) is 1.90. The Morgan fingerprint density at radius 3 is 2.56 bits per heavy atom. The van der Waals surface area contributed by atoms with Gasteiger partial charge in [0.25, 0.3) is 0 Å². The molecule has 0 bridgehead atoms. The Bertz CT molecular complexity index is 376. The van der Waals surface area contributed by atoms with E-state index in [1.165, 1.54) is 0 Å². The van der Waals surface area contributed by atoms with Crippen LogP contribution in [0.5, 0.6) is 5.75 Å². The average molecular weight is 244 g/mol. The fourth-order valence-corrected chi connectivity index (χ4v) is 2.05. The van der Waals surface area contributed by atoms with Crippen molar-refractivity contribution in [3.63, 3.8) is 0 Å². The van der Waals surface area contributed by atoms with Crippen molar-refractivity contribution in [1.82, 2.24) is 0 Å². The molecule has 0 spiro atoms. The van der Waals surface area contributed by atoms with Crippen molar-refractivity contribution in [3.05, 3.63) is 27.8 Å². The molecule has 1 rings (SSSR count). The summed E-state index contributed by atoms with van der Waals surface area (Å²) in [6, 6.07) is 1.88. The number of halogens is 1. The molecule has 0 saturated heterocycles. The number of hydrogen-bond donors (Lipinski definition) is 2. The monoisotopic (exact) mass is 243 g/mol. The summed E-state index contributed by atoms with van der Waals surface area (Å²) in [5.74, 6) is 0.608. The quantitative estimate of drug-likeness (QED) is 0.851. The number of benzene rings is 1. The molecule has 1 atom stereocenters. The first-order valence-corrected chi connectivity index (χ1v) is 5.59. The van der Waals surface area contributed by atoms with Crippen LogP contribution < -0.4 is 10.5 Å². The topological polar surface area (TPSA) is 55.5 Å². The summed E-state index contributed by atoms with van der Waals surface area (Å²) in [4.78, 5) is 0. The van der Waals surface area contributed by atoms with Crippen molar-refractivity contribution in [2.75, 3.05) is 20.3 Å². The highest BCUT2D eigenvalue weighted by molar-refractivity contribution is 6.32. The van der Waals surface area contributed by atoms with E-state index >= 15 is 0 Å². The summed E-state index contributed by atoms with van der Waals surface area (Å²) >= 11 is 6.19. The van der Waals surface area contributed by atoms with E-state index in [2.05, 4.69) is 0 Å². The van der Waals surface area contributed by atoms with Gasteiger partial charge in [0.05, 0.1) is 13.7 Å². The van der Waals surface area contributed by atoms with Gasteiger partial charge in [-0.2, -0.15) is 0 Å². The minimum atomic E-state index is -0.131. The van der Waals surface area contributed by atoms with Crippen LogP contribution in [-0.4, -0.2) is 25.4 Å². The van der Waals surface area contributed by atoms with Crippen molar-refractivity contribution in [3.8, 4) is 5.75 Å². The maximum Gasteiger partial charge on any atom is 0.123 e. The molecule has 90 valence electrons. The molecule has 0 aliphatic rings. The number of hydrogen-bond acceptors (Lipinski definition) is 3. The summed E-state index contributed by atoms with van der Waals surface area (Å²) in [7, 11) is 1.61. The predicted octanol–water partition coefficient (Wildman–Crippen LogP) is 2.00.